The van der Waals surface area contributed by atoms with Crippen molar-refractivity contribution >= 4 is 33.2 Å². The number of anilines is 1. The summed E-state index contributed by atoms with van der Waals surface area (Å²) in [5, 5.41) is 2.89. The van der Waals surface area contributed by atoms with Crippen molar-refractivity contribution in [3.05, 3.63) is 23.2 Å². The van der Waals surface area contributed by atoms with Gasteiger partial charge in [-0.3, -0.25) is 4.79 Å². The third kappa shape index (κ3) is 4.25. The summed E-state index contributed by atoms with van der Waals surface area (Å²) in [7, 11) is -0.816. The largest absolute Gasteiger partial charge is 0.370 e. The van der Waals surface area contributed by atoms with Crippen LogP contribution in [0.2, 0.25) is 5.02 Å². The van der Waals surface area contributed by atoms with Crippen molar-refractivity contribution in [1.29, 1.82) is 0 Å². The first-order chi connectivity index (χ1) is 11.2. The average molecular weight is 377 g/mol. The van der Waals surface area contributed by atoms with Gasteiger partial charge in [-0.2, -0.15) is 0 Å². The van der Waals surface area contributed by atoms with Gasteiger partial charge < -0.3 is 15.0 Å². The minimum absolute atomic E-state index is 0.0293. The number of ether oxygens (including phenoxy) is 1. The summed E-state index contributed by atoms with van der Waals surface area (Å²) >= 11 is 6.01. The number of quaternary nitrogens is 1. The molecular formula is C15H23ClN3O4S+. The highest BCUT2D eigenvalue weighted by Crippen LogP contribution is 2.26. The van der Waals surface area contributed by atoms with Gasteiger partial charge in [0.2, 0.25) is 10.0 Å². The lowest BCUT2D eigenvalue weighted by molar-refractivity contribution is -0.921. The van der Waals surface area contributed by atoms with Crippen molar-refractivity contribution in [2.75, 3.05) is 45.7 Å². The Hall–Kier alpha value is -1.19. The van der Waals surface area contributed by atoms with Crippen molar-refractivity contribution in [2.45, 2.75) is 17.9 Å². The first-order valence-electron chi connectivity index (χ1n) is 7.68. The zero-order chi connectivity index (χ0) is 17.9. The van der Waals surface area contributed by atoms with E-state index in [1.165, 1.54) is 26.2 Å². The lowest BCUT2D eigenvalue weighted by atomic mass is 10.2. The van der Waals surface area contributed by atoms with Crippen LogP contribution in [-0.2, 0) is 19.6 Å². The number of halogens is 1. The second-order valence-corrected chi connectivity index (χ2v) is 8.44. The number of carbonyl (C=O) groups excluding carboxylic acids is 1. The maximum Gasteiger partial charge on any atom is 0.282 e. The SMILES string of the molecule is C[C@@H](C(=O)Nc1ccc(Cl)c(S(=O)(=O)N(C)C)c1)[NH+]1CCOCC1. The van der Waals surface area contributed by atoms with Crippen LogP contribution in [-0.4, -0.2) is 65.1 Å². The van der Waals surface area contributed by atoms with Crippen LogP contribution in [0.4, 0.5) is 5.69 Å². The molecule has 9 heteroatoms. The molecule has 0 aromatic heterocycles. The molecule has 1 aliphatic heterocycles. The smallest absolute Gasteiger partial charge is 0.282 e. The molecule has 0 aliphatic carbocycles. The first kappa shape index (κ1) is 19.1. The number of hydrogen-bond acceptors (Lipinski definition) is 4. The fourth-order valence-electron chi connectivity index (χ4n) is 2.48. The molecule has 1 heterocycles. The summed E-state index contributed by atoms with van der Waals surface area (Å²) in [6.07, 6.45) is 0. The van der Waals surface area contributed by atoms with Gasteiger partial charge >= 0.3 is 0 Å². The number of benzene rings is 1. The van der Waals surface area contributed by atoms with E-state index in [0.717, 1.165) is 22.3 Å². The summed E-state index contributed by atoms with van der Waals surface area (Å²) in [6.45, 7) is 4.67. The van der Waals surface area contributed by atoms with E-state index in [4.69, 9.17) is 16.3 Å². The summed E-state index contributed by atoms with van der Waals surface area (Å²) in [5.74, 6) is -0.164. The highest BCUT2D eigenvalue weighted by Gasteiger charge is 2.27. The third-order valence-corrected chi connectivity index (χ3v) is 6.39. The monoisotopic (exact) mass is 376 g/mol. The van der Waals surface area contributed by atoms with E-state index in [1.54, 1.807) is 6.07 Å². The van der Waals surface area contributed by atoms with E-state index < -0.39 is 10.0 Å². The molecule has 1 amide bonds. The molecule has 7 nitrogen and oxygen atoms in total. The average Bonchev–Trinajstić information content (AvgIpc) is 2.56. The molecule has 0 bridgehead atoms. The van der Waals surface area contributed by atoms with Gasteiger partial charge in [-0.05, 0) is 25.1 Å². The zero-order valence-electron chi connectivity index (χ0n) is 14.0. The number of sulfonamides is 1. The van der Waals surface area contributed by atoms with Gasteiger partial charge in [-0.25, -0.2) is 12.7 Å². The number of carbonyl (C=O) groups is 1. The van der Waals surface area contributed by atoms with Crippen molar-refractivity contribution in [1.82, 2.24) is 4.31 Å². The number of rotatable bonds is 5. The Morgan fingerprint density at radius 3 is 2.54 bits per heavy atom. The molecule has 0 saturated carbocycles. The van der Waals surface area contributed by atoms with E-state index in [1.807, 2.05) is 6.92 Å². The van der Waals surface area contributed by atoms with Crippen molar-refractivity contribution in [3.8, 4) is 0 Å². The fraction of sp³-hybridized carbons (Fsp3) is 0.533. The van der Waals surface area contributed by atoms with Gasteiger partial charge in [0.05, 0.1) is 18.2 Å². The van der Waals surface area contributed by atoms with Crippen LogP contribution in [0, 0.1) is 0 Å². The van der Waals surface area contributed by atoms with Gasteiger partial charge in [0.25, 0.3) is 5.91 Å². The van der Waals surface area contributed by atoms with Crippen molar-refractivity contribution < 1.29 is 22.8 Å². The Morgan fingerprint density at radius 2 is 1.96 bits per heavy atom. The topological polar surface area (TPSA) is 80.2 Å². The molecule has 1 saturated heterocycles. The molecule has 1 aliphatic rings. The predicted molar refractivity (Wildman–Crippen MR) is 91.9 cm³/mol. The van der Waals surface area contributed by atoms with Crippen molar-refractivity contribution in [2.24, 2.45) is 0 Å². The standard InChI is InChI=1S/C15H22ClN3O4S/c1-11(19-6-8-23-9-7-19)15(20)17-12-4-5-13(16)14(10-12)24(21,22)18(2)3/h4-5,10-11H,6-9H2,1-3H3,(H,17,20)/p+1/t11-/m0/s1. The van der Waals surface area contributed by atoms with Gasteiger partial charge in [0, 0.05) is 19.8 Å². The van der Waals surface area contributed by atoms with Crippen LogP contribution in [0.1, 0.15) is 6.92 Å². The maximum absolute atomic E-state index is 12.4. The lowest BCUT2D eigenvalue weighted by Gasteiger charge is -2.28. The number of amides is 1. The quantitative estimate of drug-likeness (QED) is 0.748. The van der Waals surface area contributed by atoms with Gasteiger partial charge in [0.15, 0.2) is 6.04 Å². The minimum Gasteiger partial charge on any atom is -0.370 e. The molecule has 0 radical (unpaired) electrons. The molecule has 1 fully saturated rings. The Labute approximate surface area is 147 Å². The number of nitrogens with one attached hydrogen (secondary N) is 2. The molecule has 1 atom stereocenters. The second-order valence-electron chi connectivity index (χ2n) is 5.91. The summed E-state index contributed by atoms with van der Waals surface area (Å²) in [6, 6.07) is 4.20. The molecule has 0 spiro atoms. The van der Waals surface area contributed by atoms with Crippen LogP contribution in [0.3, 0.4) is 0 Å². The van der Waals surface area contributed by atoms with Crippen LogP contribution >= 0.6 is 11.6 Å². The predicted octanol–water partition coefficient (Wildman–Crippen LogP) is -0.168. The van der Waals surface area contributed by atoms with E-state index in [9.17, 15) is 13.2 Å². The number of hydrogen-bond donors (Lipinski definition) is 2. The van der Waals surface area contributed by atoms with Gasteiger partial charge in [-0.15, -0.1) is 0 Å². The Balaban J connectivity index is 2.17. The van der Waals surface area contributed by atoms with Crippen LogP contribution in [0.5, 0.6) is 0 Å². The van der Waals surface area contributed by atoms with Gasteiger partial charge in [-0.1, -0.05) is 11.6 Å². The van der Waals surface area contributed by atoms with E-state index >= 15 is 0 Å². The summed E-state index contributed by atoms with van der Waals surface area (Å²) < 4.78 is 30.9. The number of morpholine rings is 1. The summed E-state index contributed by atoms with van der Waals surface area (Å²) in [5.41, 5.74) is 0.407. The van der Waals surface area contributed by atoms with E-state index in [0.29, 0.717) is 18.9 Å². The lowest BCUT2D eigenvalue weighted by Crippen LogP contribution is -3.18. The van der Waals surface area contributed by atoms with E-state index in [2.05, 4.69) is 5.32 Å². The molecule has 24 heavy (non-hydrogen) atoms. The molecule has 1 aromatic rings. The Kier molecular flexibility index (Phi) is 6.22. The fourth-order valence-corrected chi connectivity index (χ4v) is 3.87. The second kappa shape index (κ2) is 7.79. The highest BCUT2D eigenvalue weighted by molar-refractivity contribution is 7.89. The summed E-state index contributed by atoms with van der Waals surface area (Å²) in [4.78, 5) is 13.5. The zero-order valence-corrected chi connectivity index (χ0v) is 15.6. The molecular weight excluding hydrogens is 354 g/mol. The van der Waals surface area contributed by atoms with Crippen LogP contribution in [0.15, 0.2) is 23.1 Å². The molecule has 2 N–H and O–H groups in total. The molecule has 0 unspecified atom stereocenters. The van der Waals surface area contributed by atoms with Crippen molar-refractivity contribution in [3.63, 3.8) is 0 Å². The van der Waals surface area contributed by atoms with Gasteiger partial charge in [0.1, 0.15) is 18.0 Å². The van der Waals surface area contributed by atoms with E-state index in [-0.39, 0.29) is 21.9 Å². The third-order valence-electron chi connectivity index (χ3n) is 4.10. The molecule has 134 valence electrons. The maximum atomic E-state index is 12.4. The Bertz CT molecular complexity index is 703. The van der Waals surface area contributed by atoms with Crippen LogP contribution in [0.25, 0.3) is 0 Å². The normalized spacial score (nSPS) is 17.7. The minimum atomic E-state index is -3.68. The molecule has 2 rings (SSSR count). The first-order valence-corrected chi connectivity index (χ1v) is 9.50. The van der Waals surface area contributed by atoms with Crippen LogP contribution < -0.4 is 10.2 Å². The number of nitrogens with zero attached hydrogens (tertiary/aromatic N) is 1. The highest BCUT2D eigenvalue weighted by atomic mass is 35.5. The Morgan fingerprint density at radius 1 is 1.33 bits per heavy atom. The molecule has 1 aromatic carbocycles.